The second-order valence-electron chi connectivity index (χ2n) is 8.50. The average molecular weight is 402 g/mol. The highest BCUT2D eigenvalue weighted by Crippen LogP contribution is 2.28. The van der Waals surface area contributed by atoms with Gasteiger partial charge in [0.05, 0.1) is 13.2 Å². The van der Waals surface area contributed by atoms with E-state index >= 15 is 0 Å². The first-order valence-electron chi connectivity index (χ1n) is 10.7. The number of aromatic amines is 1. The van der Waals surface area contributed by atoms with Gasteiger partial charge in [-0.05, 0) is 38.1 Å². The van der Waals surface area contributed by atoms with Crippen LogP contribution in [0.1, 0.15) is 60.7 Å². The van der Waals surface area contributed by atoms with Gasteiger partial charge in [0.15, 0.2) is 5.82 Å². The summed E-state index contributed by atoms with van der Waals surface area (Å²) in [6, 6.07) is 3.69. The number of H-pyrrole nitrogens is 1. The fourth-order valence-corrected chi connectivity index (χ4v) is 4.18. The maximum absolute atomic E-state index is 12.7. The molecule has 8 heteroatoms. The summed E-state index contributed by atoms with van der Waals surface area (Å²) in [7, 11) is 0. The first-order chi connectivity index (χ1) is 14.1. The highest BCUT2D eigenvalue weighted by atomic mass is 16.5. The summed E-state index contributed by atoms with van der Waals surface area (Å²) < 4.78 is 11.3. The first kappa shape index (κ1) is 20.1. The van der Waals surface area contributed by atoms with Crippen molar-refractivity contribution in [3.05, 3.63) is 35.7 Å². The van der Waals surface area contributed by atoms with Crippen molar-refractivity contribution in [2.75, 3.05) is 45.9 Å². The molecule has 0 bridgehead atoms. The second kappa shape index (κ2) is 9.09. The number of carbonyl (C=O) groups is 1. The third-order valence-electron chi connectivity index (χ3n) is 5.88. The van der Waals surface area contributed by atoms with Gasteiger partial charge in [-0.2, -0.15) is 4.98 Å². The Bertz CT molecular complexity index is 780. The van der Waals surface area contributed by atoms with Gasteiger partial charge in [0.1, 0.15) is 5.69 Å². The van der Waals surface area contributed by atoms with Crippen molar-refractivity contribution in [1.82, 2.24) is 24.9 Å². The van der Waals surface area contributed by atoms with Gasteiger partial charge in [-0.3, -0.25) is 4.79 Å². The molecule has 0 radical (unpaired) electrons. The smallest absolute Gasteiger partial charge is 0.270 e. The second-order valence-corrected chi connectivity index (χ2v) is 8.50. The SMILES string of the molecule is CC(C)c1noc(C2CCN(CC3COCCN(C(=O)c4ccc[nH]4)C3)CC2)n1. The van der Waals surface area contributed by atoms with Crippen molar-refractivity contribution >= 4 is 5.91 Å². The predicted octanol–water partition coefficient (Wildman–Crippen LogP) is 2.49. The number of nitrogens with one attached hydrogen (secondary N) is 1. The molecule has 4 heterocycles. The number of aromatic nitrogens is 3. The highest BCUT2D eigenvalue weighted by molar-refractivity contribution is 5.92. The predicted molar refractivity (Wildman–Crippen MR) is 108 cm³/mol. The molecule has 2 aliphatic heterocycles. The lowest BCUT2D eigenvalue weighted by atomic mass is 9.95. The van der Waals surface area contributed by atoms with E-state index in [1.807, 2.05) is 17.0 Å². The number of amides is 1. The van der Waals surface area contributed by atoms with Crippen LogP contribution in [0, 0.1) is 5.92 Å². The molecular weight excluding hydrogens is 370 g/mol. The Balaban J connectivity index is 1.29. The Morgan fingerprint density at radius 2 is 2.14 bits per heavy atom. The fraction of sp³-hybridized carbons (Fsp3) is 0.667. The summed E-state index contributed by atoms with van der Waals surface area (Å²) in [5.41, 5.74) is 0.645. The Hall–Kier alpha value is -2.19. The largest absolute Gasteiger partial charge is 0.379 e. The van der Waals surface area contributed by atoms with E-state index in [-0.39, 0.29) is 5.91 Å². The molecule has 0 aliphatic carbocycles. The molecule has 8 nitrogen and oxygen atoms in total. The van der Waals surface area contributed by atoms with E-state index < -0.39 is 0 Å². The molecule has 1 unspecified atom stereocenters. The van der Waals surface area contributed by atoms with Gasteiger partial charge >= 0.3 is 0 Å². The van der Waals surface area contributed by atoms with Crippen LogP contribution in [0.5, 0.6) is 0 Å². The molecule has 2 aliphatic rings. The van der Waals surface area contributed by atoms with Gasteiger partial charge in [-0.25, -0.2) is 0 Å². The number of rotatable bonds is 5. The molecule has 2 aromatic heterocycles. The molecule has 29 heavy (non-hydrogen) atoms. The lowest BCUT2D eigenvalue weighted by Gasteiger charge is -2.33. The number of piperidine rings is 1. The van der Waals surface area contributed by atoms with Gasteiger partial charge in [0.2, 0.25) is 5.89 Å². The van der Waals surface area contributed by atoms with E-state index in [9.17, 15) is 4.79 Å². The van der Waals surface area contributed by atoms with Gasteiger partial charge in [-0.15, -0.1) is 0 Å². The minimum atomic E-state index is 0.0570. The van der Waals surface area contributed by atoms with Crippen molar-refractivity contribution in [2.24, 2.45) is 5.92 Å². The van der Waals surface area contributed by atoms with Crippen LogP contribution in [-0.4, -0.2) is 76.8 Å². The quantitative estimate of drug-likeness (QED) is 0.828. The summed E-state index contributed by atoms with van der Waals surface area (Å²) in [6.45, 7) is 9.80. The first-order valence-corrected chi connectivity index (χ1v) is 10.7. The highest BCUT2D eigenvalue weighted by Gasteiger charge is 2.29. The normalized spacial score (nSPS) is 22.2. The fourth-order valence-electron chi connectivity index (χ4n) is 4.18. The Morgan fingerprint density at radius 3 is 2.83 bits per heavy atom. The van der Waals surface area contributed by atoms with E-state index in [1.54, 1.807) is 6.20 Å². The number of likely N-dealkylation sites (tertiary alicyclic amines) is 1. The number of carbonyl (C=O) groups excluding carboxylic acids is 1. The van der Waals surface area contributed by atoms with E-state index in [0.717, 1.165) is 50.7 Å². The van der Waals surface area contributed by atoms with E-state index in [2.05, 4.69) is 33.9 Å². The summed E-state index contributed by atoms with van der Waals surface area (Å²) in [5.74, 6) is 2.60. The third-order valence-corrected chi connectivity index (χ3v) is 5.88. The molecule has 2 aromatic rings. The van der Waals surface area contributed by atoms with Gasteiger partial charge < -0.3 is 24.0 Å². The molecular formula is C21H31N5O3. The Labute approximate surface area is 171 Å². The number of nitrogens with zero attached hydrogens (tertiary/aromatic N) is 4. The maximum Gasteiger partial charge on any atom is 0.270 e. The molecule has 0 spiro atoms. The minimum Gasteiger partial charge on any atom is -0.379 e. The van der Waals surface area contributed by atoms with Gasteiger partial charge in [-0.1, -0.05) is 19.0 Å². The van der Waals surface area contributed by atoms with Crippen molar-refractivity contribution in [3.8, 4) is 0 Å². The summed E-state index contributed by atoms with van der Waals surface area (Å²) in [6.07, 6.45) is 3.84. The zero-order chi connectivity index (χ0) is 20.2. The number of hydrogen-bond acceptors (Lipinski definition) is 6. The van der Waals surface area contributed by atoms with Gasteiger partial charge in [0, 0.05) is 43.6 Å². The molecule has 158 valence electrons. The molecule has 1 amide bonds. The molecule has 2 fully saturated rings. The van der Waals surface area contributed by atoms with Crippen LogP contribution in [-0.2, 0) is 4.74 Å². The van der Waals surface area contributed by atoms with Crippen molar-refractivity contribution < 1.29 is 14.1 Å². The molecule has 2 saturated heterocycles. The monoisotopic (exact) mass is 401 g/mol. The number of hydrogen-bond donors (Lipinski definition) is 1. The third kappa shape index (κ3) is 4.87. The van der Waals surface area contributed by atoms with Crippen LogP contribution in [0.4, 0.5) is 0 Å². The lowest BCUT2D eigenvalue weighted by Crippen LogP contribution is -2.42. The molecule has 1 N–H and O–H groups in total. The van der Waals surface area contributed by atoms with Crippen molar-refractivity contribution in [3.63, 3.8) is 0 Å². The minimum absolute atomic E-state index is 0.0570. The van der Waals surface area contributed by atoms with Crippen LogP contribution in [0.15, 0.2) is 22.9 Å². The zero-order valence-electron chi connectivity index (χ0n) is 17.3. The van der Waals surface area contributed by atoms with Crippen LogP contribution in [0.3, 0.4) is 0 Å². The summed E-state index contributed by atoms with van der Waals surface area (Å²) in [4.78, 5) is 24.7. The summed E-state index contributed by atoms with van der Waals surface area (Å²) >= 11 is 0. The van der Waals surface area contributed by atoms with Gasteiger partial charge in [0.25, 0.3) is 5.91 Å². The zero-order valence-corrected chi connectivity index (χ0v) is 17.3. The van der Waals surface area contributed by atoms with Crippen LogP contribution in [0.2, 0.25) is 0 Å². The molecule has 0 aromatic carbocycles. The van der Waals surface area contributed by atoms with Crippen LogP contribution >= 0.6 is 0 Å². The van der Waals surface area contributed by atoms with E-state index in [1.165, 1.54) is 0 Å². The Kier molecular flexibility index (Phi) is 6.30. The average Bonchev–Trinajstić information content (AvgIpc) is 3.38. The van der Waals surface area contributed by atoms with Crippen LogP contribution in [0.25, 0.3) is 0 Å². The van der Waals surface area contributed by atoms with E-state index in [4.69, 9.17) is 9.26 Å². The summed E-state index contributed by atoms with van der Waals surface area (Å²) in [5, 5.41) is 4.10. The standard InChI is InChI=1S/C21H31N5O3/c1-15(2)19-23-20(29-24-19)17-5-8-25(9-6-17)12-16-13-26(10-11-28-14-16)21(27)18-4-3-7-22-18/h3-4,7,15-17,22H,5-6,8-14H2,1-2H3. The maximum atomic E-state index is 12.7. The molecule has 4 rings (SSSR count). The van der Waals surface area contributed by atoms with Crippen molar-refractivity contribution in [2.45, 2.75) is 38.5 Å². The topological polar surface area (TPSA) is 87.5 Å². The number of ether oxygens (including phenoxy) is 1. The Morgan fingerprint density at radius 1 is 1.31 bits per heavy atom. The van der Waals surface area contributed by atoms with Crippen molar-refractivity contribution in [1.29, 1.82) is 0 Å². The van der Waals surface area contributed by atoms with Crippen LogP contribution < -0.4 is 0 Å². The lowest BCUT2D eigenvalue weighted by molar-refractivity contribution is 0.0723. The molecule has 0 saturated carbocycles. The van der Waals surface area contributed by atoms with E-state index in [0.29, 0.717) is 43.2 Å². The molecule has 1 atom stereocenters.